The maximum atomic E-state index is 10.7. The highest BCUT2D eigenvalue weighted by Gasteiger charge is 1.98. The molecule has 0 spiro atoms. The minimum atomic E-state index is -0.367. The number of hydrogen-bond donors (Lipinski definition) is 1. The van der Waals surface area contributed by atoms with E-state index in [1.54, 1.807) is 6.08 Å². The zero-order chi connectivity index (χ0) is 12.2. The van der Waals surface area contributed by atoms with Gasteiger partial charge in [-0.2, -0.15) is 0 Å². The monoisotopic (exact) mass is 226 g/mol. The van der Waals surface area contributed by atoms with Crippen molar-refractivity contribution < 1.29 is 14.6 Å². The van der Waals surface area contributed by atoms with Gasteiger partial charge in [-0.3, -0.25) is 0 Å². The largest absolute Gasteiger partial charge is 0.463 e. The standard InChI is InChI=1S/C13H22O3/c1-3-12(14)10-8-6-5-7-9-11-16-13(15)4-2/h3-4,12,14H,1-2,5-11H2. The average molecular weight is 226 g/mol. The van der Waals surface area contributed by atoms with Gasteiger partial charge in [0.05, 0.1) is 12.7 Å². The summed E-state index contributed by atoms with van der Waals surface area (Å²) in [7, 11) is 0. The Morgan fingerprint density at radius 2 is 1.81 bits per heavy atom. The van der Waals surface area contributed by atoms with Gasteiger partial charge in [0.1, 0.15) is 0 Å². The van der Waals surface area contributed by atoms with Crippen LogP contribution in [0.25, 0.3) is 0 Å². The Kier molecular flexibility index (Phi) is 9.72. The summed E-state index contributed by atoms with van der Waals surface area (Å²) in [6, 6.07) is 0. The molecule has 1 unspecified atom stereocenters. The van der Waals surface area contributed by atoms with E-state index in [1.165, 1.54) is 6.08 Å². The smallest absolute Gasteiger partial charge is 0.330 e. The molecular formula is C13H22O3. The van der Waals surface area contributed by atoms with E-state index in [0.29, 0.717) is 6.61 Å². The van der Waals surface area contributed by atoms with E-state index < -0.39 is 0 Å². The summed E-state index contributed by atoms with van der Waals surface area (Å²) in [4.78, 5) is 10.7. The molecule has 0 heterocycles. The van der Waals surface area contributed by atoms with Crippen molar-refractivity contribution in [1.29, 1.82) is 0 Å². The molecule has 0 aromatic carbocycles. The van der Waals surface area contributed by atoms with Crippen molar-refractivity contribution >= 4 is 5.97 Å². The number of carbonyl (C=O) groups excluding carboxylic acids is 1. The predicted octanol–water partition coefficient (Wildman–Crippen LogP) is 2.60. The lowest BCUT2D eigenvalue weighted by Crippen LogP contribution is -2.02. The van der Waals surface area contributed by atoms with E-state index in [0.717, 1.165) is 38.5 Å². The van der Waals surface area contributed by atoms with Gasteiger partial charge in [-0.1, -0.05) is 38.3 Å². The zero-order valence-corrected chi connectivity index (χ0v) is 9.86. The molecule has 0 aromatic heterocycles. The fourth-order valence-electron chi connectivity index (χ4n) is 1.34. The highest BCUT2D eigenvalue weighted by molar-refractivity contribution is 5.81. The molecule has 1 atom stereocenters. The SMILES string of the molecule is C=CC(=O)OCCCCCCCC(O)C=C. The van der Waals surface area contributed by atoms with Crippen LogP contribution >= 0.6 is 0 Å². The fraction of sp³-hybridized carbons (Fsp3) is 0.615. The first-order valence-electron chi connectivity index (χ1n) is 5.80. The zero-order valence-electron chi connectivity index (χ0n) is 9.86. The van der Waals surface area contributed by atoms with Gasteiger partial charge in [0.15, 0.2) is 0 Å². The Morgan fingerprint density at radius 3 is 2.44 bits per heavy atom. The third kappa shape index (κ3) is 9.46. The van der Waals surface area contributed by atoms with Gasteiger partial charge < -0.3 is 9.84 Å². The summed E-state index contributed by atoms with van der Waals surface area (Å²) >= 11 is 0. The Morgan fingerprint density at radius 1 is 1.19 bits per heavy atom. The van der Waals surface area contributed by atoms with Crippen LogP contribution in [-0.2, 0) is 9.53 Å². The van der Waals surface area contributed by atoms with E-state index >= 15 is 0 Å². The second-order valence-corrected chi connectivity index (χ2v) is 3.73. The van der Waals surface area contributed by atoms with E-state index in [1.807, 2.05) is 0 Å². The summed E-state index contributed by atoms with van der Waals surface area (Å²) in [5, 5.41) is 9.20. The minimum Gasteiger partial charge on any atom is -0.463 e. The van der Waals surface area contributed by atoms with Gasteiger partial charge in [-0.15, -0.1) is 6.58 Å². The topological polar surface area (TPSA) is 46.5 Å². The van der Waals surface area contributed by atoms with Gasteiger partial charge in [0.25, 0.3) is 0 Å². The number of aliphatic hydroxyl groups excluding tert-OH is 1. The number of aliphatic hydroxyl groups is 1. The van der Waals surface area contributed by atoms with Gasteiger partial charge in [0, 0.05) is 6.08 Å². The minimum absolute atomic E-state index is 0.353. The average Bonchev–Trinajstić information content (AvgIpc) is 2.31. The van der Waals surface area contributed by atoms with Gasteiger partial charge >= 0.3 is 5.97 Å². The van der Waals surface area contributed by atoms with Crippen LogP contribution in [-0.4, -0.2) is 23.8 Å². The number of carbonyl (C=O) groups is 1. The molecule has 0 fully saturated rings. The summed E-state index contributed by atoms with van der Waals surface area (Å²) < 4.78 is 4.84. The molecule has 0 saturated carbocycles. The number of rotatable bonds is 10. The van der Waals surface area contributed by atoms with Crippen LogP contribution in [0.3, 0.4) is 0 Å². The van der Waals surface area contributed by atoms with Crippen molar-refractivity contribution in [3.63, 3.8) is 0 Å². The first-order valence-corrected chi connectivity index (χ1v) is 5.80. The lowest BCUT2D eigenvalue weighted by Gasteiger charge is -2.05. The van der Waals surface area contributed by atoms with Crippen LogP contribution in [0.1, 0.15) is 38.5 Å². The second kappa shape index (κ2) is 10.4. The van der Waals surface area contributed by atoms with Crippen molar-refractivity contribution in [2.24, 2.45) is 0 Å². The molecule has 0 saturated heterocycles. The van der Waals surface area contributed by atoms with E-state index in [2.05, 4.69) is 13.2 Å². The maximum absolute atomic E-state index is 10.7. The molecule has 0 aliphatic rings. The molecule has 92 valence electrons. The van der Waals surface area contributed by atoms with Crippen molar-refractivity contribution in [2.45, 2.75) is 44.6 Å². The summed E-state index contributed by atoms with van der Waals surface area (Å²) in [5.41, 5.74) is 0. The van der Waals surface area contributed by atoms with Crippen LogP contribution in [0.2, 0.25) is 0 Å². The van der Waals surface area contributed by atoms with Crippen molar-refractivity contribution in [3.8, 4) is 0 Å². The molecule has 0 aliphatic carbocycles. The highest BCUT2D eigenvalue weighted by atomic mass is 16.5. The maximum Gasteiger partial charge on any atom is 0.330 e. The van der Waals surface area contributed by atoms with Crippen molar-refractivity contribution in [2.75, 3.05) is 6.61 Å². The van der Waals surface area contributed by atoms with Crippen molar-refractivity contribution in [1.82, 2.24) is 0 Å². The molecular weight excluding hydrogens is 204 g/mol. The Hall–Kier alpha value is -1.09. The fourth-order valence-corrected chi connectivity index (χ4v) is 1.34. The van der Waals surface area contributed by atoms with E-state index in [-0.39, 0.29) is 12.1 Å². The van der Waals surface area contributed by atoms with Crippen LogP contribution in [0.4, 0.5) is 0 Å². The molecule has 0 aliphatic heterocycles. The number of unbranched alkanes of at least 4 members (excludes halogenated alkanes) is 4. The van der Waals surface area contributed by atoms with Gasteiger partial charge in [-0.25, -0.2) is 4.79 Å². The van der Waals surface area contributed by atoms with Crippen LogP contribution in [0.5, 0.6) is 0 Å². The molecule has 0 aromatic rings. The number of esters is 1. The second-order valence-electron chi connectivity index (χ2n) is 3.73. The normalized spacial score (nSPS) is 11.8. The van der Waals surface area contributed by atoms with E-state index in [4.69, 9.17) is 4.74 Å². The molecule has 0 bridgehead atoms. The Labute approximate surface area is 97.8 Å². The summed E-state index contributed by atoms with van der Waals surface area (Å²) in [6.07, 6.45) is 8.32. The number of hydrogen-bond acceptors (Lipinski definition) is 3. The Bertz CT molecular complexity index is 211. The summed E-state index contributed by atoms with van der Waals surface area (Å²) in [6.45, 7) is 7.31. The molecule has 0 amide bonds. The number of ether oxygens (including phenoxy) is 1. The highest BCUT2D eigenvalue weighted by Crippen LogP contribution is 2.07. The lowest BCUT2D eigenvalue weighted by atomic mass is 10.1. The van der Waals surface area contributed by atoms with Gasteiger partial charge in [0.2, 0.25) is 0 Å². The molecule has 3 heteroatoms. The quantitative estimate of drug-likeness (QED) is 0.269. The predicted molar refractivity (Wildman–Crippen MR) is 65.1 cm³/mol. The first kappa shape index (κ1) is 14.9. The van der Waals surface area contributed by atoms with E-state index in [9.17, 15) is 9.90 Å². The first-order chi connectivity index (χ1) is 7.70. The molecule has 1 N–H and O–H groups in total. The molecule has 0 rings (SSSR count). The third-order valence-electron chi connectivity index (χ3n) is 2.33. The molecule has 0 radical (unpaired) electrons. The lowest BCUT2D eigenvalue weighted by molar-refractivity contribution is -0.137. The van der Waals surface area contributed by atoms with Crippen molar-refractivity contribution in [3.05, 3.63) is 25.3 Å². The Balaban J connectivity index is 3.12. The van der Waals surface area contributed by atoms with Gasteiger partial charge in [-0.05, 0) is 12.8 Å². The van der Waals surface area contributed by atoms with Crippen LogP contribution in [0.15, 0.2) is 25.3 Å². The third-order valence-corrected chi connectivity index (χ3v) is 2.33. The molecule has 16 heavy (non-hydrogen) atoms. The van der Waals surface area contributed by atoms with Crippen LogP contribution in [0, 0.1) is 0 Å². The molecule has 3 nitrogen and oxygen atoms in total. The summed E-state index contributed by atoms with van der Waals surface area (Å²) in [5.74, 6) is -0.353. The van der Waals surface area contributed by atoms with Crippen LogP contribution < -0.4 is 0 Å².